The van der Waals surface area contributed by atoms with Crippen LogP contribution in [0.5, 0.6) is 0 Å². The number of carbonyl (C=O) groups excluding carboxylic acids is 1. The third-order valence-electron chi connectivity index (χ3n) is 4.29. The minimum absolute atomic E-state index is 0.0308. The van der Waals surface area contributed by atoms with Crippen molar-refractivity contribution in [3.63, 3.8) is 0 Å². The number of amides is 1. The van der Waals surface area contributed by atoms with E-state index in [-0.39, 0.29) is 12.2 Å². The van der Waals surface area contributed by atoms with Gasteiger partial charge in [0.15, 0.2) is 0 Å². The number of rotatable bonds is 9. The smallest absolute Gasteiger partial charge is 0.407 e. The van der Waals surface area contributed by atoms with Crippen molar-refractivity contribution in [2.45, 2.75) is 51.5 Å². The van der Waals surface area contributed by atoms with E-state index in [0.717, 1.165) is 11.1 Å². The van der Waals surface area contributed by atoms with Gasteiger partial charge in [0, 0.05) is 25.2 Å². The SMILES string of the molecule is CC(C)(C)OC(=O)N[C@@H](Cc1ccccc1)[C@H](O)CNCc1ccc([N+](=O)[O-])cc1. The molecule has 0 aliphatic heterocycles. The van der Waals surface area contributed by atoms with Crippen LogP contribution in [-0.4, -0.2) is 40.4 Å². The molecule has 0 aromatic heterocycles. The zero-order valence-electron chi connectivity index (χ0n) is 17.5. The molecule has 0 unspecified atom stereocenters. The predicted molar refractivity (Wildman–Crippen MR) is 114 cm³/mol. The summed E-state index contributed by atoms with van der Waals surface area (Å²) in [5.74, 6) is 0. The fourth-order valence-corrected chi connectivity index (χ4v) is 2.85. The summed E-state index contributed by atoms with van der Waals surface area (Å²) in [7, 11) is 0. The van der Waals surface area contributed by atoms with E-state index in [0.29, 0.717) is 13.0 Å². The van der Waals surface area contributed by atoms with Gasteiger partial charge >= 0.3 is 6.09 Å². The van der Waals surface area contributed by atoms with Gasteiger partial charge in [-0.2, -0.15) is 0 Å². The van der Waals surface area contributed by atoms with Gasteiger partial charge in [0.1, 0.15) is 5.60 Å². The van der Waals surface area contributed by atoms with E-state index in [1.165, 1.54) is 12.1 Å². The number of nitrogens with zero attached hydrogens (tertiary/aromatic N) is 1. The van der Waals surface area contributed by atoms with Gasteiger partial charge in [-0.1, -0.05) is 42.5 Å². The van der Waals surface area contributed by atoms with Crippen LogP contribution >= 0.6 is 0 Å². The van der Waals surface area contributed by atoms with Crippen LogP contribution in [0.4, 0.5) is 10.5 Å². The lowest BCUT2D eigenvalue weighted by Crippen LogP contribution is -2.49. The van der Waals surface area contributed by atoms with E-state index in [4.69, 9.17) is 4.74 Å². The Kier molecular flexibility index (Phi) is 8.32. The maximum Gasteiger partial charge on any atom is 0.407 e. The molecule has 0 saturated carbocycles. The molecule has 0 radical (unpaired) electrons. The van der Waals surface area contributed by atoms with Gasteiger partial charge in [0.2, 0.25) is 0 Å². The van der Waals surface area contributed by atoms with Crippen LogP contribution < -0.4 is 10.6 Å². The van der Waals surface area contributed by atoms with E-state index < -0.39 is 28.8 Å². The second-order valence-corrected chi connectivity index (χ2v) is 8.06. The van der Waals surface area contributed by atoms with Gasteiger partial charge in [0.05, 0.1) is 17.1 Å². The number of nitro groups is 1. The van der Waals surface area contributed by atoms with Gasteiger partial charge in [-0.3, -0.25) is 10.1 Å². The molecule has 0 bridgehead atoms. The Morgan fingerprint density at radius 1 is 1.10 bits per heavy atom. The zero-order chi connectivity index (χ0) is 22.1. The molecule has 162 valence electrons. The first-order valence-electron chi connectivity index (χ1n) is 9.79. The Morgan fingerprint density at radius 2 is 1.73 bits per heavy atom. The number of alkyl carbamates (subject to hydrolysis) is 1. The van der Waals surface area contributed by atoms with Gasteiger partial charge in [0.25, 0.3) is 5.69 Å². The van der Waals surface area contributed by atoms with Crippen molar-refractivity contribution in [3.8, 4) is 0 Å². The summed E-state index contributed by atoms with van der Waals surface area (Å²) in [5, 5.41) is 27.3. The molecule has 8 nitrogen and oxygen atoms in total. The minimum Gasteiger partial charge on any atom is -0.444 e. The number of aliphatic hydroxyl groups is 1. The van der Waals surface area contributed by atoms with Gasteiger partial charge in [-0.25, -0.2) is 4.79 Å². The third-order valence-corrected chi connectivity index (χ3v) is 4.29. The fourth-order valence-electron chi connectivity index (χ4n) is 2.85. The number of nitrogens with one attached hydrogen (secondary N) is 2. The average Bonchev–Trinajstić information content (AvgIpc) is 2.67. The topological polar surface area (TPSA) is 114 Å². The minimum atomic E-state index is -0.865. The third kappa shape index (κ3) is 8.18. The molecule has 0 aliphatic rings. The summed E-state index contributed by atoms with van der Waals surface area (Å²) in [6.07, 6.45) is -1.01. The molecular formula is C22H29N3O5. The highest BCUT2D eigenvalue weighted by Gasteiger charge is 2.24. The Balaban J connectivity index is 1.95. The molecule has 1 amide bonds. The molecule has 2 aromatic rings. The summed E-state index contributed by atoms with van der Waals surface area (Å²) in [6.45, 7) is 5.99. The Labute approximate surface area is 176 Å². The highest BCUT2D eigenvalue weighted by molar-refractivity contribution is 5.68. The van der Waals surface area contributed by atoms with Crippen molar-refractivity contribution >= 4 is 11.8 Å². The molecular weight excluding hydrogens is 386 g/mol. The van der Waals surface area contributed by atoms with Crippen molar-refractivity contribution in [3.05, 3.63) is 75.8 Å². The van der Waals surface area contributed by atoms with Crippen molar-refractivity contribution < 1.29 is 19.6 Å². The van der Waals surface area contributed by atoms with E-state index in [1.54, 1.807) is 32.9 Å². The summed E-state index contributed by atoms with van der Waals surface area (Å²) >= 11 is 0. The molecule has 0 fully saturated rings. The highest BCUT2D eigenvalue weighted by Crippen LogP contribution is 2.13. The molecule has 8 heteroatoms. The van der Waals surface area contributed by atoms with Crippen LogP contribution in [0.15, 0.2) is 54.6 Å². The zero-order valence-corrected chi connectivity index (χ0v) is 17.5. The Hall–Kier alpha value is -2.97. The molecule has 2 rings (SSSR count). The molecule has 0 aliphatic carbocycles. The van der Waals surface area contributed by atoms with Crippen LogP contribution in [0.2, 0.25) is 0 Å². The molecule has 2 aromatic carbocycles. The summed E-state index contributed by atoms with van der Waals surface area (Å²) < 4.78 is 5.32. The fraction of sp³-hybridized carbons (Fsp3) is 0.409. The Morgan fingerprint density at radius 3 is 2.30 bits per heavy atom. The largest absolute Gasteiger partial charge is 0.444 e. The van der Waals surface area contributed by atoms with Crippen molar-refractivity contribution in [2.75, 3.05) is 6.54 Å². The van der Waals surface area contributed by atoms with Crippen LogP contribution in [0.3, 0.4) is 0 Å². The monoisotopic (exact) mass is 415 g/mol. The first-order valence-corrected chi connectivity index (χ1v) is 9.79. The second-order valence-electron chi connectivity index (χ2n) is 8.06. The van der Waals surface area contributed by atoms with E-state index in [2.05, 4.69) is 10.6 Å². The lowest BCUT2D eigenvalue weighted by molar-refractivity contribution is -0.384. The molecule has 30 heavy (non-hydrogen) atoms. The van der Waals surface area contributed by atoms with Crippen LogP contribution in [0.1, 0.15) is 31.9 Å². The second kappa shape index (κ2) is 10.7. The van der Waals surface area contributed by atoms with E-state index in [1.807, 2.05) is 30.3 Å². The van der Waals surface area contributed by atoms with Crippen LogP contribution in [-0.2, 0) is 17.7 Å². The normalized spacial score (nSPS) is 13.3. The summed E-state index contributed by atoms with van der Waals surface area (Å²) in [4.78, 5) is 22.5. The maximum atomic E-state index is 12.2. The van der Waals surface area contributed by atoms with Gasteiger partial charge in [-0.05, 0) is 38.3 Å². The van der Waals surface area contributed by atoms with Crippen molar-refractivity contribution in [1.29, 1.82) is 0 Å². The number of hydrogen-bond donors (Lipinski definition) is 3. The van der Waals surface area contributed by atoms with Gasteiger partial charge in [-0.15, -0.1) is 0 Å². The quantitative estimate of drug-likeness (QED) is 0.428. The van der Waals surface area contributed by atoms with Gasteiger partial charge < -0.3 is 20.5 Å². The highest BCUT2D eigenvalue weighted by atomic mass is 16.6. The molecule has 0 saturated heterocycles. The number of hydrogen-bond acceptors (Lipinski definition) is 6. The molecule has 0 spiro atoms. The molecule has 2 atom stereocenters. The maximum absolute atomic E-state index is 12.2. The molecule has 0 heterocycles. The predicted octanol–water partition coefficient (Wildman–Crippen LogP) is 3.18. The Bertz CT molecular complexity index is 819. The van der Waals surface area contributed by atoms with E-state index in [9.17, 15) is 20.0 Å². The van der Waals surface area contributed by atoms with Crippen molar-refractivity contribution in [2.24, 2.45) is 0 Å². The number of non-ortho nitro benzene ring substituents is 1. The molecule has 3 N–H and O–H groups in total. The lowest BCUT2D eigenvalue weighted by atomic mass is 10.0. The number of benzene rings is 2. The van der Waals surface area contributed by atoms with E-state index >= 15 is 0 Å². The number of nitro benzene ring substituents is 1. The summed E-state index contributed by atoms with van der Waals surface area (Å²) in [5.41, 5.74) is 1.23. The van der Waals surface area contributed by atoms with Crippen molar-refractivity contribution in [1.82, 2.24) is 10.6 Å². The summed E-state index contributed by atoms with van der Waals surface area (Å²) in [6, 6.07) is 15.2. The van der Waals surface area contributed by atoms with Crippen LogP contribution in [0.25, 0.3) is 0 Å². The first kappa shape index (κ1) is 23.3. The average molecular weight is 415 g/mol. The number of carbonyl (C=O) groups is 1. The lowest BCUT2D eigenvalue weighted by Gasteiger charge is -2.27. The number of aliphatic hydroxyl groups excluding tert-OH is 1. The first-order chi connectivity index (χ1) is 14.1. The standard InChI is InChI=1S/C22H29N3O5/c1-22(2,3)30-21(27)24-19(13-16-7-5-4-6-8-16)20(26)15-23-14-17-9-11-18(12-10-17)25(28)29/h4-12,19-20,23,26H,13-15H2,1-3H3,(H,24,27)/t19-,20+/m0/s1. The number of ether oxygens (including phenoxy) is 1. The van der Waals surface area contributed by atoms with Crippen LogP contribution in [0, 0.1) is 10.1 Å².